The van der Waals surface area contributed by atoms with E-state index in [0.29, 0.717) is 23.4 Å². The number of nitrogens with zero attached hydrogens (tertiary/aromatic N) is 5. The molecule has 0 fully saturated rings. The molecule has 0 unspecified atom stereocenters. The third-order valence-corrected chi connectivity index (χ3v) is 5.88. The summed E-state index contributed by atoms with van der Waals surface area (Å²) in [4.78, 5) is 4.98. The molecule has 0 aliphatic rings. The molecule has 0 N–H and O–H groups in total. The van der Waals surface area contributed by atoms with Crippen molar-refractivity contribution in [2.24, 2.45) is 0 Å². The lowest BCUT2D eigenvalue weighted by molar-refractivity contribution is 0.397. The fraction of sp³-hybridized carbons (Fsp3) is 0.143. The van der Waals surface area contributed by atoms with Crippen LogP contribution in [0, 0.1) is 0 Å². The molecule has 23 heavy (non-hydrogen) atoms. The molecule has 1 aromatic carbocycles. The van der Waals surface area contributed by atoms with Crippen LogP contribution in [0.2, 0.25) is 5.02 Å². The van der Waals surface area contributed by atoms with E-state index in [2.05, 4.69) is 26.3 Å². The first-order valence-electron chi connectivity index (χ1n) is 6.73. The van der Waals surface area contributed by atoms with Gasteiger partial charge in [-0.25, -0.2) is 9.67 Å². The van der Waals surface area contributed by atoms with Gasteiger partial charge >= 0.3 is 0 Å². The first-order chi connectivity index (χ1) is 11.3. The normalized spacial score (nSPS) is 11.3. The summed E-state index contributed by atoms with van der Waals surface area (Å²) in [5, 5.41) is 14.5. The van der Waals surface area contributed by atoms with Crippen molar-refractivity contribution in [3.05, 3.63) is 52.7 Å². The molecule has 3 heterocycles. The molecule has 0 aliphatic carbocycles. The number of hydrogen-bond donors (Lipinski definition) is 0. The van der Waals surface area contributed by atoms with E-state index in [9.17, 15) is 0 Å². The Morgan fingerprint density at radius 1 is 1.26 bits per heavy atom. The van der Waals surface area contributed by atoms with E-state index < -0.39 is 0 Å². The van der Waals surface area contributed by atoms with E-state index in [1.165, 1.54) is 22.8 Å². The lowest BCUT2D eigenvalue weighted by Gasteiger charge is -1.95. The summed E-state index contributed by atoms with van der Waals surface area (Å²) in [6.07, 6.45) is 3.07. The van der Waals surface area contributed by atoms with Gasteiger partial charge in [0.1, 0.15) is 19.2 Å². The summed E-state index contributed by atoms with van der Waals surface area (Å²) in [7, 11) is 0. The van der Waals surface area contributed by atoms with Crippen LogP contribution >= 0.6 is 34.7 Å². The highest BCUT2D eigenvalue weighted by atomic mass is 35.5. The highest BCUT2D eigenvalue weighted by molar-refractivity contribution is 7.98. The number of thiophene rings is 1. The topological polar surface area (TPSA) is 69.6 Å². The van der Waals surface area contributed by atoms with Crippen molar-refractivity contribution in [2.75, 3.05) is 0 Å². The molecule has 0 bridgehead atoms. The minimum absolute atomic E-state index is 0.414. The van der Waals surface area contributed by atoms with Gasteiger partial charge in [0, 0.05) is 20.7 Å². The SMILES string of the molecule is Clc1c(CSc2nnc(Cn3cncn3)o2)sc2ccccc12. The molecule has 4 rings (SSSR count). The van der Waals surface area contributed by atoms with E-state index in [-0.39, 0.29) is 0 Å². The summed E-state index contributed by atoms with van der Waals surface area (Å²) in [6, 6.07) is 8.11. The first-order valence-corrected chi connectivity index (χ1v) is 8.91. The Morgan fingerprint density at radius 2 is 2.17 bits per heavy atom. The van der Waals surface area contributed by atoms with Crippen molar-refractivity contribution in [1.82, 2.24) is 25.0 Å². The number of aromatic nitrogens is 5. The molecule has 0 amide bonds. The van der Waals surface area contributed by atoms with Crippen LogP contribution in [0.1, 0.15) is 10.8 Å². The van der Waals surface area contributed by atoms with Gasteiger partial charge < -0.3 is 4.42 Å². The molecule has 6 nitrogen and oxygen atoms in total. The third kappa shape index (κ3) is 3.10. The number of benzene rings is 1. The lowest BCUT2D eigenvalue weighted by atomic mass is 10.2. The van der Waals surface area contributed by atoms with Crippen LogP contribution in [0.25, 0.3) is 10.1 Å². The molecule has 9 heteroatoms. The van der Waals surface area contributed by atoms with Gasteiger partial charge in [-0.15, -0.1) is 21.5 Å². The van der Waals surface area contributed by atoms with Crippen LogP contribution in [0.5, 0.6) is 0 Å². The molecule has 0 radical (unpaired) electrons. The third-order valence-electron chi connectivity index (χ3n) is 3.14. The van der Waals surface area contributed by atoms with Crippen LogP contribution in [0.4, 0.5) is 0 Å². The standard InChI is InChI=1S/C14H10ClN5OS2/c15-13-9-3-1-2-4-10(9)23-11(13)6-22-14-19-18-12(21-14)5-20-8-16-7-17-20/h1-4,7-8H,5-6H2. The zero-order valence-corrected chi connectivity index (χ0v) is 14.1. The van der Waals surface area contributed by atoms with Gasteiger partial charge in [-0.05, 0) is 6.07 Å². The molecular weight excluding hydrogens is 354 g/mol. The maximum atomic E-state index is 6.44. The molecular formula is C14H10ClN5OS2. The van der Waals surface area contributed by atoms with Crippen molar-refractivity contribution in [3.8, 4) is 0 Å². The lowest BCUT2D eigenvalue weighted by Crippen LogP contribution is -1.99. The van der Waals surface area contributed by atoms with Gasteiger partial charge in [0.2, 0.25) is 5.89 Å². The monoisotopic (exact) mass is 363 g/mol. The van der Waals surface area contributed by atoms with Gasteiger partial charge in [-0.3, -0.25) is 0 Å². The second-order valence-electron chi connectivity index (χ2n) is 4.68. The predicted octanol–water partition coefficient (Wildman–Crippen LogP) is 3.87. The highest BCUT2D eigenvalue weighted by Gasteiger charge is 2.13. The first kappa shape index (κ1) is 14.7. The van der Waals surface area contributed by atoms with Crippen molar-refractivity contribution in [2.45, 2.75) is 17.5 Å². The van der Waals surface area contributed by atoms with Crippen LogP contribution in [-0.2, 0) is 12.3 Å². The summed E-state index contributed by atoms with van der Waals surface area (Å²) in [6.45, 7) is 0.414. The second-order valence-corrected chi connectivity index (χ2v) is 7.12. The summed E-state index contributed by atoms with van der Waals surface area (Å²) >= 11 is 9.60. The molecule has 3 aromatic heterocycles. The molecule has 0 saturated heterocycles. The Kier molecular flexibility index (Phi) is 4.02. The summed E-state index contributed by atoms with van der Waals surface area (Å²) in [5.41, 5.74) is 0. The Hall–Kier alpha value is -1.90. The fourth-order valence-corrected chi connectivity index (χ4v) is 4.54. The highest BCUT2D eigenvalue weighted by Crippen LogP contribution is 2.38. The van der Waals surface area contributed by atoms with Crippen molar-refractivity contribution in [3.63, 3.8) is 0 Å². The maximum Gasteiger partial charge on any atom is 0.277 e. The van der Waals surface area contributed by atoms with Gasteiger partial charge in [-0.1, -0.05) is 41.6 Å². The molecule has 4 aromatic rings. The largest absolute Gasteiger partial charge is 0.414 e. The van der Waals surface area contributed by atoms with Crippen LogP contribution in [0.3, 0.4) is 0 Å². The van der Waals surface area contributed by atoms with E-state index in [1.54, 1.807) is 22.3 Å². The maximum absolute atomic E-state index is 6.44. The number of rotatable bonds is 5. The molecule has 0 atom stereocenters. The zero-order chi connectivity index (χ0) is 15.6. The quantitative estimate of drug-likeness (QED) is 0.501. The van der Waals surface area contributed by atoms with Crippen LogP contribution < -0.4 is 0 Å². The average Bonchev–Trinajstić information content (AvgIpc) is 3.28. The van der Waals surface area contributed by atoms with Crippen molar-refractivity contribution in [1.29, 1.82) is 0 Å². The molecule has 0 saturated carbocycles. The van der Waals surface area contributed by atoms with Gasteiger partial charge in [0.05, 0.1) is 5.02 Å². The zero-order valence-electron chi connectivity index (χ0n) is 11.7. The summed E-state index contributed by atoms with van der Waals surface area (Å²) < 4.78 is 8.42. The van der Waals surface area contributed by atoms with E-state index in [0.717, 1.165) is 15.3 Å². The number of thioether (sulfide) groups is 1. The van der Waals surface area contributed by atoms with E-state index in [4.69, 9.17) is 16.0 Å². The van der Waals surface area contributed by atoms with Crippen molar-refractivity contribution < 1.29 is 4.42 Å². The van der Waals surface area contributed by atoms with Gasteiger partial charge in [0.25, 0.3) is 5.22 Å². The minimum Gasteiger partial charge on any atom is -0.414 e. The fourth-order valence-electron chi connectivity index (χ4n) is 2.10. The predicted molar refractivity (Wildman–Crippen MR) is 89.8 cm³/mol. The Morgan fingerprint density at radius 3 is 3.00 bits per heavy atom. The average molecular weight is 364 g/mol. The van der Waals surface area contributed by atoms with Crippen molar-refractivity contribution >= 4 is 44.8 Å². The molecule has 116 valence electrons. The summed E-state index contributed by atoms with van der Waals surface area (Å²) in [5.74, 6) is 1.20. The van der Waals surface area contributed by atoms with Crippen LogP contribution in [0.15, 0.2) is 46.6 Å². The smallest absolute Gasteiger partial charge is 0.277 e. The Bertz CT molecular complexity index is 934. The van der Waals surface area contributed by atoms with Gasteiger partial charge in [0.15, 0.2) is 0 Å². The minimum atomic E-state index is 0.414. The number of fused-ring (bicyclic) bond motifs is 1. The van der Waals surface area contributed by atoms with E-state index >= 15 is 0 Å². The Labute approximate surface area is 144 Å². The Balaban J connectivity index is 1.46. The molecule has 0 spiro atoms. The number of halogens is 1. The number of hydrogen-bond acceptors (Lipinski definition) is 7. The molecule has 0 aliphatic heterocycles. The van der Waals surface area contributed by atoms with Crippen LogP contribution in [-0.4, -0.2) is 25.0 Å². The van der Waals surface area contributed by atoms with Gasteiger partial charge in [-0.2, -0.15) is 5.10 Å². The second kappa shape index (κ2) is 6.31. The van der Waals surface area contributed by atoms with E-state index in [1.807, 2.05) is 18.2 Å².